The topological polar surface area (TPSA) is 64.5 Å². The molecule has 1 unspecified atom stereocenters. The first-order valence-corrected chi connectivity index (χ1v) is 6.66. The van der Waals surface area contributed by atoms with Crippen LogP contribution in [0.15, 0.2) is 24.3 Å². The molecule has 2 rings (SSSR count). The fourth-order valence-corrected chi connectivity index (χ4v) is 2.32. The predicted octanol–water partition coefficient (Wildman–Crippen LogP) is 1.87. The maximum absolute atomic E-state index is 12.3. The molecule has 0 aromatic heterocycles. The van der Waals surface area contributed by atoms with Gasteiger partial charge >= 0.3 is 0 Å². The highest BCUT2D eigenvalue weighted by atomic mass is 35.5. The molecule has 0 saturated carbocycles. The molecule has 106 valence electrons. The summed E-state index contributed by atoms with van der Waals surface area (Å²) in [5.41, 5.74) is 0.430. The van der Waals surface area contributed by atoms with E-state index in [-0.39, 0.29) is 17.6 Å². The first kappa shape index (κ1) is 14.5. The molecule has 0 spiro atoms. The van der Waals surface area contributed by atoms with E-state index in [2.05, 4.69) is 0 Å². The van der Waals surface area contributed by atoms with Crippen LogP contribution in [0.1, 0.15) is 16.8 Å². The van der Waals surface area contributed by atoms with Gasteiger partial charge in [0.05, 0.1) is 5.92 Å². The zero-order valence-corrected chi connectivity index (χ0v) is 12.1. The number of rotatable bonds is 2. The van der Waals surface area contributed by atoms with E-state index in [0.717, 1.165) is 0 Å². The Morgan fingerprint density at radius 3 is 2.50 bits per heavy atom. The summed E-state index contributed by atoms with van der Waals surface area (Å²) >= 11 is 5.78. The minimum absolute atomic E-state index is 0.237. The predicted molar refractivity (Wildman–Crippen MR) is 77.0 cm³/mol. The van der Waals surface area contributed by atoms with E-state index >= 15 is 0 Å². The van der Waals surface area contributed by atoms with Crippen molar-refractivity contribution in [2.45, 2.75) is 6.42 Å². The molecule has 1 aliphatic rings. The quantitative estimate of drug-likeness (QED) is 0.514. The van der Waals surface area contributed by atoms with E-state index in [9.17, 15) is 9.59 Å². The van der Waals surface area contributed by atoms with Gasteiger partial charge in [-0.05, 0) is 30.7 Å². The lowest BCUT2D eigenvalue weighted by Crippen LogP contribution is -2.38. The summed E-state index contributed by atoms with van der Waals surface area (Å²) < 4.78 is 0. The Morgan fingerprint density at radius 1 is 1.35 bits per heavy atom. The van der Waals surface area contributed by atoms with Crippen LogP contribution in [-0.2, 0) is 4.79 Å². The average molecular weight is 294 g/mol. The molecule has 2 amide bonds. The van der Waals surface area contributed by atoms with E-state index < -0.39 is 5.92 Å². The van der Waals surface area contributed by atoms with Gasteiger partial charge in [-0.15, -0.1) is 0 Å². The van der Waals surface area contributed by atoms with Crippen LogP contribution < -0.4 is 0 Å². The average Bonchev–Trinajstić information content (AvgIpc) is 2.79. The molecule has 20 heavy (non-hydrogen) atoms. The lowest BCUT2D eigenvalue weighted by atomic mass is 10.1. The Balaban J connectivity index is 2.15. The normalized spacial score (nSPS) is 18.2. The maximum Gasteiger partial charge on any atom is 0.260 e. The number of hydrogen-bond donors (Lipinski definition) is 1. The highest BCUT2D eigenvalue weighted by Gasteiger charge is 2.38. The highest BCUT2D eigenvalue weighted by Crippen LogP contribution is 2.22. The smallest absolute Gasteiger partial charge is 0.260 e. The van der Waals surface area contributed by atoms with Crippen LogP contribution in [-0.4, -0.2) is 48.1 Å². The molecule has 1 heterocycles. The van der Waals surface area contributed by atoms with Crippen molar-refractivity contribution >= 4 is 29.3 Å². The van der Waals surface area contributed by atoms with E-state index in [1.54, 1.807) is 43.3 Å². The van der Waals surface area contributed by atoms with Gasteiger partial charge in [-0.3, -0.25) is 19.9 Å². The van der Waals surface area contributed by atoms with Gasteiger partial charge < -0.3 is 4.90 Å². The summed E-state index contributed by atoms with van der Waals surface area (Å²) in [5, 5.41) is 8.43. The second kappa shape index (κ2) is 5.63. The molecular formula is C14H16ClN3O2. The van der Waals surface area contributed by atoms with E-state index in [0.29, 0.717) is 23.6 Å². The van der Waals surface area contributed by atoms with Crippen LogP contribution in [0.4, 0.5) is 0 Å². The number of amidine groups is 1. The summed E-state index contributed by atoms with van der Waals surface area (Å²) in [6, 6.07) is 6.44. The Bertz CT molecular complexity index is 554. The van der Waals surface area contributed by atoms with Crippen LogP contribution in [0.3, 0.4) is 0 Å². The number of amides is 2. The largest absolute Gasteiger partial charge is 0.366 e. The Hall–Kier alpha value is -1.88. The lowest BCUT2D eigenvalue weighted by Gasteiger charge is -2.19. The third-order valence-electron chi connectivity index (χ3n) is 3.35. The minimum Gasteiger partial charge on any atom is -0.366 e. The molecule has 1 saturated heterocycles. The zero-order chi connectivity index (χ0) is 14.9. The van der Waals surface area contributed by atoms with Crippen LogP contribution >= 0.6 is 11.6 Å². The molecule has 1 aliphatic heterocycles. The number of likely N-dealkylation sites (tertiary alicyclic amines) is 1. The van der Waals surface area contributed by atoms with Crippen molar-refractivity contribution in [1.29, 1.82) is 5.41 Å². The molecule has 1 aromatic carbocycles. The molecule has 0 radical (unpaired) electrons. The third-order valence-corrected chi connectivity index (χ3v) is 3.61. The highest BCUT2D eigenvalue weighted by molar-refractivity contribution is 6.30. The van der Waals surface area contributed by atoms with Crippen molar-refractivity contribution in [1.82, 2.24) is 9.80 Å². The summed E-state index contributed by atoms with van der Waals surface area (Å²) in [7, 11) is 3.44. The van der Waals surface area contributed by atoms with Gasteiger partial charge in [0.1, 0.15) is 5.84 Å². The van der Waals surface area contributed by atoms with E-state index in [4.69, 9.17) is 17.0 Å². The van der Waals surface area contributed by atoms with Gasteiger partial charge in [0.15, 0.2) is 0 Å². The molecule has 0 bridgehead atoms. The van der Waals surface area contributed by atoms with Gasteiger partial charge in [0.2, 0.25) is 5.91 Å². The number of benzene rings is 1. The Labute approximate surface area is 122 Å². The van der Waals surface area contributed by atoms with Crippen molar-refractivity contribution < 1.29 is 9.59 Å². The lowest BCUT2D eigenvalue weighted by molar-refractivity contribution is -0.127. The second-order valence-corrected chi connectivity index (χ2v) is 5.36. The fourth-order valence-electron chi connectivity index (χ4n) is 2.20. The molecule has 5 nitrogen and oxygen atoms in total. The zero-order valence-electron chi connectivity index (χ0n) is 11.4. The molecule has 1 N–H and O–H groups in total. The summed E-state index contributed by atoms with van der Waals surface area (Å²) in [6.45, 7) is 0.348. The first-order valence-electron chi connectivity index (χ1n) is 6.29. The van der Waals surface area contributed by atoms with Crippen LogP contribution in [0.2, 0.25) is 5.02 Å². The SMILES string of the molecule is CN(C)C(=N)C1CCN(C(=O)c2ccc(Cl)cc2)C1=O. The van der Waals surface area contributed by atoms with Crippen molar-refractivity contribution in [3.8, 4) is 0 Å². The van der Waals surface area contributed by atoms with Crippen molar-refractivity contribution in [2.75, 3.05) is 20.6 Å². The summed E-state index contributed by atoms with van der Waals surface area (Å²) in [6.07, 6.45) is 0.495. The number of nitrogens with one attached hydrogen (secondary N) is 1. The summed E-state index contributed by atoms with van der Waals surface area (Å²) in [5.74, 6) is -0.924. The first-order chi connectivity index (χ1) is 9.41. The summed E-state index contributed by atoms with van der Waals surface area (Å²) in [4.78, 5) is 27.3. The van der Waals surface area contributed by atoms with Gasteiger partial charge in [0.25, 0.3) is 5.91 Å². The van der Waals surface area contributed by atoms with Crippen LogP contribution in [0.25, 0.3) is 0 Å². The van der Waals surface area contributed by atoms with Gasteiger partial charge in [-0.1, -0.05) is 11.6 Å². The number of nitrogens with zero attached hydrogens (tertiary/aromatic N) is 2. The van der Waals surface area contributed by atoms with Crippen molar-refractivity contribution in [3.63, 3.8) is 0 Å². The molecule has 1 fully saturated rings. The number of imide groups is 1. The van der Waals surface area contributed by atoms with Crippen molar-refractivity contribution in [2.24, 2.45) is 5.92 Å². The third kappa shape index (κ3) is 2.67. The number of carbonyl (C=O) groups excluding carboxylic acids is 2. The minimum atomic E-state index is -0.527. The second-order valence-electron chi connectivity index (χ2n) is 4.92. The Kier molecular flexibility index (Phi) is 4.09. The monoisotopic (exact) mass is 293 g/mol. The van der Waals surface area contributed by atoms with Gasteiger partial charge in [0, 0.05) is 31.2 Å². The van der Waals surface area contributed by atoms with Crippen LogP contribution in [0, 0.1) is 11.3 Å². The van der Waals surface area contributed by atoms with E-state index in [1.807, 2.05) is 0 Å². The van der Waals surface area contributed by atoms with Gasteiger partial charge in [-0.25, -0.2) is 0 Å². The van der Waals surface area contributed by atoms with Crippen LogP contribution in [0.5, 0.6) is 0 Å². The number of carbonyl (C=O) groups is 2. The maximum atomic E-state index is 12.3. The molecule has 0 aliphatic carbocycles. The molecule has 1 atom stereocenters. The number of hydrogen-bond acceptors (Lipinski definition) is 3. The van der Waals surface area contributed by atoms with E-state index in [1.165, 1.54) is 4.90 Å². The van der Waals surface area contributed by atoms with Gasteiger partial charge in [-0.2, -0.15) is 0 Å². The Morgan fingerprint density at radius 2 is 1.95 bits per heavy atom. The standard InChI is InChI=1S/C14H16ClN3O2/c1-17(2)12(16)11-7-8-18(14(11)20)13(19)9-3-5-10(15)6-4-9/h3-6,11,16H,7-8H2,1-2H3. The number of halogens is 1. The molecule has 1 aromatic rings. The fraction of sp³-hybridized carbons (Fsp3) is 0.357. The molecule has 6 heteroatoms. The molecular weight excluding hydrogens is 278 g/mol. The van der Waals surface area contributed by atoms with Crippen molar-refractivity contribution in [3.05, 3.63) is 34.9 Å².